The Morgan fingerprint density at radius 2 is 1.78 bits per heavy atom. The molecule has 0 heterocycles. The molecule has 2 amide bonds. The quantitative estimate of drug-likeness (QED) is 0.869. The fourth-order valence-electron chi connectivity index (χ4n) is 4.34. The van der Waals surface area contributed by atoms with Crippen LogP contribution in [-0.2, 0) is 9.59 Å². The molecule has 0 aromatic heterocycles. The molecule has 1 aromatic carbocycles. The predicted molar refractivity (Wildman–Crippen MR) is 90.0 cm³/mol. The van der Waals surface area contributed by atoms with Gasteiger partial charge in [-0.3, -0.25) is 9.59 Å². The van der Waals surface area contributed by atoms with Crippen LogP contribution in [0.3, 0.4) is 0 Å². The van der Waals surface area contributed by atoms with Gasteiger partial charge in [0.05, 0.1) is 0 Å². The topological polar surface area (TPSA) is 58.2 Å². The van der Waals surface area contributed by atoms with E-state index < -0.39 is 0 Å². The molecule has 122 valence electrons. The maximum Gasteiger partial charge on any atom is 0.227 e. The highest BCUT2D eigenvalue weighted by atomic mass is 16.2. The third-order valence-electron chi connectivity index (χ3n) is 5.69. The molecular formula is C19H24N2O2. The molecule has 3 atom stereocenters. The smallest absolute Gasteiger partial charge is 0.227 e. The molecule has 3 aliphatic rings. The molecule has 2 bridgehead atoms. The number of amides is 2. The van der Waals surface area contributed by atoms with Crippen LogP contribution in [0.25, 0.3) is 0 Å². The molecule has 0 spiro atoms. The van der Waals surface area contributed by atoms with E-state index in [0.717, 1.165) is 36.1 Å². The third-order valence-corrected chi connectivity index (χ3v) is 5.69. The summed E-state index contributed by atoms with van der Waals surface area (Å²) in [7, 11) is 0. The fraction of sp³-hybridized carbons (Fsp3) is 0.579. The summed E-state index contributed by atoms with van der Waals surface area (Å²) >= 11 is 0. The summed E-state index contributed by atoms with van der Waals surface area (Å²) in [6.07, 6.45) is 7.87. The Hall–Kier alpha value is -1.84. The molecule has 0 radical (unpaired) electrons. The van der Waals surface area contributed by atoms with E-state index in [1.807, 2.05) is 24.3 Å². The first kappa shape index (κ1) is 14.7. The summed E-state index contributed by atoms with van der Waals surface area (Å²) in [5, 5.41) is 5.92. The number of nitrogens with one attached hydrogen (secondary N) is 2. The van der Waals surface area contributed by atoms with Gasteiger partial charge in [-0.1, -0.05) is 12.5 Å². The van der Waals surface area contributed by atoms with Crippen molar-refractivity contribution in [3.63, 3.8) is 0 Å². The van der Waals surface area contributed by atoms with Crippen LogP contribution in [0, 0.1) is 23.7 Å². The van der Waals surface area contributed by atoms with Gasteiger partial charge in [-0.25, -0.2) is 0 Å². The number of rotatable bonds is 5. The van der Waals surface area contributed by atoms with Crippen LogP contribution < -0.4 is 10.6 Å². The Morgan fingerprint density at radius 1 is 1.00 bits per heavy atom. The highest BCUT2D eigenvalue weighted by Gasteiger charge is 2.40. The molecule has 23 heavy (non-hydrogen) atoms. The van der Waals surface area contributed by atoms with E-state index in [0.29, 0.717) is 12.3 Å². The van der Waals surface area contributed by atoms with Gasteiger partial charge in [0.2, 0.25) is 11.8 Å². The van der Waals surface area contributed by atoms with Crippen LogP contribution in [0.2, 0.25) is 0 Å². The minimum absolute atomic E-state index is 0.0930. The highest BCUT2D eigenvalue weighted by Crippen LogP contribution is 2.49. The van der Waals surface area contributed by atoms with Gasteiger partial charge in [-0.2, -0.15) is 0 Å². The zero-order valence-corrected chi connectivity index (χ0v) is 13.4. The Balaban J connectivity index is 1.32. The normalized spacial score (nSPS) is 28.6. The SMILES string of the molecule is O=C(CC1CC2CCC1C2)Nc1cccc(NC(=O)C2CC2)c1. The van der Waals surface area contributed by atoms with Crippen molar-refractivity contribution in [3.8, 4) is 0 Å². The van der Waals surface area contributed by atoms with Crippen LogP contribution in [-0.4, -0.2) is 11.8 Å². The Kier molecular flexibility index (Phi) is 3.83. The van der Waals surface area contributed by atoms with Crippen molar-refractivity contribution < 1.29 is 9.59 Å². The lowest BCUT2D eigenvalue weighted by Gasteiger charge is -2.21. The molecule has 1 aromatic rings. The fourth-order valence-corrected chi connectivity index (χ4v) is 4.34. The van der Waals surface area contributed by atoms with Gasteiger partial charge in [-0.15, -0.1) is 0 Å². The van der Waals surface area contributed by atoms with Crippen LogP contribution in [0.5, 0.6) is 0 Å². The Bertz CT molecular complexity index is 624. The van der Waals surface area contributed by atoms with Crippen LogP contribution in [0.4, 0.5) is 11.4 Å². The van der Waals surface area contributed by atoms with E-state index in [1.165, 1.54) is 25.7 Å². The average molecular weight is 312 g/mol. The molecule has 0 saturated heterocycles. The standard InChI is InChI=1S/C19H24N2O2/c22-18(10-15-9-12-4-5-14(15)8-12)20-16-2-1-3-17(11-16)21-19(23)13-6-7-13/h1-3,11-15H,4-10H2,(H,20,22)(H,21,23). The summed E-state index contributed by atoms with van der Waals surface area (Å²) in [4.78, 5) is 24.1. The molecule has 4 rings (SSSR count). The maximum absolute atomic E-state index is 12.3. The largest absolute Gasteiger partial charge is 0.326 e. The monoisotopic (exact) mass is 312 g/mol. The number of fused-ring (bicyclic) bond motifs is 2. The molecule has 3 saturated carbocycles. The van der Waals surface area contributed by atoms with Crippen molar-refractivity contribution in [3.05, 3.63) is 24.3 Å². The van der Waals surface area contributed by atoms with E-state index in [4.69, 9.17) is 0 Å². The van der Waals surface area contributed by atoms with Gasteiger partial charge in [0.25, 0.3) is 0 Å². The predicted octanol–water partition coefficient (Wildman–Crippen LogP) is 3.80. The molecule has 2 N–H and O–H groups in total. The van der Waals surface area contributed by atoms with Gasteiger partial charge < -0.3 is 10.6 Å². The average Bonchev–Trinajstić information content (AvgIpc) is 3.18. The molecule has 3 aliphatic carbocycles. The van der Waals surface area contributed by atoms with E-state index in [9.17, 15) is 9.59 Å². The van der Waals surface area contributed by atoms with Crippen molar-refractivity contribution in [1.29, 1.82) is 0 Å². The lowest BCUT2D eigenvalue weighted by Crippen LogP contribution is -2.20. The zero-order chi connectivity index (χ0) is 15.8. The first-order valence-electron chi connectivity index (χ1n) is 8.88. The second kappa shape index (κ2) is 5.99. The summed E-state index contributed by atoms with van der Waals surface area (Å²) in [6, 6.07) is 7.46. The van der Waals surface area contributed by atoms with E-state index in [1.54, 1.807) is 0 Å². The second-order valence-electron chi connectivity index (χ2n) is 7.53. The first-order valence-corrected chi connectivity index (χ1v) is 8.88. The Morgan fingerprint density at radius 3 is 2.43 bits per heavy atom. The van der Waals surface area contributed by atoms with E-state index >= 15 is 0 Å². The van der Waals surface area contributed by atoms with Crippen LogP contribution in [0.15, 0.2) is 24.3 Å². The van der Waals surface area contributed by atoms with Gasteiger partial charge in [0, 0.05) is 23.7 Å². The number of carbonyl (C=O) groups is 2. The third kappa shape index (κ3) is 3.41. The second-order valence-corrected chi connectivity index (χ2v) is 7.53. The van der Waals surface area contributed by atoms with E-state index in [-0.39, 0.29) is 17.7 Å². The summed E-state index contributed by atoms with van der Waals surface area (Å²) in [5.74, 6) is 2.61. The lowest BCUT2D eigenvalue weighted by atomic mass is 9.86. The van der Waals surface area contributed by atoms with Crippen molar-refractivity contribution in [2.45, 2.75) is 44.9 Å². The maximum atomic E-state index is 12.3. The summed E-state index contributed by atoms with van der Waals surface area (Å²) in [5.41, 5.74) is 1.53. The molecular weight excluding hydrogens is 288 g/mol. The molecule has 3 fully saturated rings. The lowest BCUT2D eigenvalue weighted by molar-refractivity contribution is -0.118. The minimum Gasteiger partial charge on any atom is -0.326 e. The van der Waals surface area contributed by atoms with Crippen molar-refractivity contribution in [1.82, 2.24) is 0 Å². The number of anilines is 2. The highest BCUT2D eigenvalue weighted by molar-refractivity contribution is 5.96. The number of hydrogen-bond acceptors (Lipinski definition) is 2. The van der Waals surface area contributed by atoms with Crippen molar-refractivity contribution >= 4 is 23.2 Å². The number of benzene rings is 1. The summed E-state index contributed by atoms with van der Waals surface area (Å²) < 4.78 is 0. The van der Waals surface area contributed by atoms with Crippen LogP contribution >= 0.6 is 0 Å². The Labute approximate surface area is 137 Å². The molecule has 0 aliphatic heterocycles. The van der Waals surface area contributed by atoms with Gasteiger partial charge >= 0.3 is 0 Å². The molecule has 4 nitrogen and oxygen atoms in total. The zero-order valence-electron chi connectivity index (χ0n) is 13.4. The van der Waals surface area contributed by atoms with Crippen molar-refractivity contribution in [2.75, 3.05) is 10.6 Å². The number of hydrogen-bond donors (Lipinski definition) is 2. The number of carbonyl (C=O) groups excluding carboxylic acids is 2. The first-order chi connectivity index (χ1) is 11.2. The van der Waals surface area contributed by atoms with Crippen LogP contribution in [0.1, 0.15) is 44.9 Å². The molecule has 4 heteroatoms. The summed E-state index contributed by atoms with van der Waals surface area (Å²) in [6.45, 7) is 0. The minimum atomic E-state index is 0.0930. The van der Waals surface area contributed by atoms with E-state index in [2.05, 4.69) is 10.6 Å². The van der Waals surface area contributed by atoms with Gasteiger partial charge in [-0.05, 0) is 68.1 Å². The van der Waals surface area contributed by atoms with Gasteiger partial charge in [0.15, 0.2) is 0 Å². The van der Waals surface area contributed by atoms with Gasteiger partial charge in [0.1, 0.15) is 0 Å². The van der Waals surface area contributed by atoms with Crippen molar-refractivity contribution in [2.24, 2.45) is 23.7 Å². The molecule has 3 unspecified atom stereocenters.